The van der Waals surface area contributed by atoms with Gasteiger partial charge in [-0.25, -0.2) is 0 Å². The van der Waals surface area contributed by atoms with Gasteiger partial charge in [-0.1, -0.05) is 13.0 Å². The molecule has 1 aromatic heterocycles. The highest BCUT2D eigenvalue weighted by Gasteiger charge is 2.23. The van der Waals surface area contributed by atoms with Crippen LogP contribution in [0.1, 0.15) is 34.7 Å². The van der Waals surface area contributed by atoms with E-state index in [0.717, 1.165) is 30.0 Å². The van der Waals surface area contributed by atoms with Gasteiger partial charge in [-0.3, -0.25) is 0 Å². The summed E-state index contributed by atoms with van der Waals surface area (Å²) in [6.45, 7) is 5.25. The van der Waals surface area contributed by atoms with Crippen LogP contribution in [0.3, 0.4) is 0 Å². The van der Waals surface area contributed by atoms with Crippen molar-refractivity contribution in [2.75, 3.05) is 20.8 Å². The molecule has 114 valence electrons. The molecule has 1 atom stereocenters. The molecule has 1 aromatic carbocycles. The lowest BCUT2D eigenvalue weighted by molar-refractivity contribution is 0.377. The number of thiophene rings is 1. The third kappa shape index (κ3) is 3.57. The number of hydrogen-bond donors (Lipinski definition) is 1. The van der Waals surface area contributed by atoms with Gasteiger partial charge in [0.15, 0.2) is 0 Å². The van der Waals surface area contributed by atoms with E-state index in [4.69, 9.17) is 9.47 Å². The molecule has 2 aromatic rings. The van der Waals surface area contributed by atoms with Crippen LogP contribution in [0, 0.1) is 6.92 Å². The molecule has 4 heteroatoms. The van der Waals surface area contributed by atoms with Gasteiger partial charge in [0, 0.05) is 9.75 Å². The van der Waals surface area contributed by atoms with E-state index in [-0.39, 0.29) is 6.04 Å². The van der Waals surface area contributed by atoms with E-state index in [1.165, 1.54) is 9.75 Å². The third-order valence-electron chi connectivity index (χ3n) is 3.40. The van der Waals surface area contributed by atoms with Crippen molar-refractivity contribution in [2.45, 2.75) is 26.3 Å². The summed E-state index contributed by atoms with van der Waals surface area (Å²) >= 11 is 1.81. The van der Waals surface area contributed by atoms with Crippen molar-refractivity contribution in [1.29, 1.82) is 0 Å². The molecule has 0 spiro atoms. The summed E-state index contributed by atoms with van der Waals surface area (Å²) in [7, 11) is 3.41. The number of nitrogens with one attached hydrogen (secondary N) is 1. The minimum Gasteiger partial charge on any atom is -0.496 e. The molecule has 1 heterocycles. The van der Waals surface area contributed by atoms with Gasteiger partial charge < -0.3 is 14.8 Å². The summed E-state index contributed by atoms with van der Waals surface area (Å²) in [5, 5.41) is 3.62. The normalized spacial score (nSPS) is 12.2. The van der Waals surface area contributed by atoms with Crippen LogP contribution in [0.5, 0.6) is 11.5 Å². The van der Waals surface area contributed by atoms with Crippen molar-refractivity contribution < 1.29 is 9.47 Å². The van der Waals surface area contributed by atoms with Crippen molar-refractivity contribution in [3.8, 4) is 11.5 Å². The highest BCUT2D eigenvalue weighted by molar-refractivity contribution is 7.12. The van der Waals surface area contributed by atoms with Gasteiger partial charge in [-0.2, -0.15) is 0 Å². The predicted octanol–water partition coefficient (Wildman–Crippen LogP) is 4.16. The summed E-state index contributed by atoms with van der Waals surface area (Å²) in [4.78, 5) is 2.59. The van der Waals surface area contributed by atoms with Crippen molar-refractivity contribution in [3.05, 3.63) is 45.6 Å². The Morgan fingerprint density at radius 3 is 2.24 bits per heavy atom. The maximum Gasteiger partial charge on any atom is 0.127 e. The standard InChI is InChI=1S/C17H23NO2S/c1-5-11-18-17(15-10-9-12(2)21-15)16-13(19-3)7-6-8-14(16)20-4/h6-10,17-18H,5,11H2,1-4H3. The summed E-state index contributed by atoms with van der Waals surface area (Å²) in [5.74, 6) is 1.71. The zero-order chi connectivity index (χ0) is 15.2. The van der Waals surface area contributed by atoms with Gasteiger partial charge in [0.25, 0.3) is 0 Å². The Kier molecular flexibility index (Phi) is 5.65. The molecule has 0 aliphatic carbocycles. The second-order valence-corrected chi connectivity index (χ2v) is 6.23. The van der Waals surface area contributed by atoms with Crippen LogP contribution in [0.2, 0.25) is 0 Å². The van der Waals surface area contributed by atoms with Gasteiger partial charge >= 0.3 is 0 Å². The van der Waals surface area contributed by atoms with E-state index < -0.39 is 0 Å². The van der Waals surface area contributed by atoms with Crippen molar-refractivity contribution >= 4 is 11.3 Å². The first-order chi connectivity index (χ1) is 10.2. The fourth-order valence-corrected chi connectivity index (χ4v) is 3.37. The fourth-order valence-electron chi connectivity index (χ4n) is 2.41. The molecule has 3 nitrogen and oxygen atoms in total. The second kappa shape index (κ2) is 7.48. The molecule has 0 amide bonds. The Morgan fingerprint density at radius 1 is 1.10 bits per heavy atom. The summed E-state index contributed by atoms with van der Waals surface area (Å²) in [6.07, 6.45) is 1.08. The summed E-state index contributed by atoms with van der Waals surface area (Å²) in [5.41, 5.74) is 1.07. The maximum absolute atomic E-state index is 5.56. The number of rotatable bonds is 7. The minimum atomic E-state index is 0.0924. The van der Waals surface area contributed by atoms with Crippen LogP contribution < -0.4 is 14.8 Å². The predicted molar refractivity (Wildman–Crippen MR) is 88.7 cm³/mol. The highest BCUT2D eigenvalue weighted by Crippen LogP contribution is 2.39. The quantitative estimate of drug-likeness (QED) is 0.833. The molecule has 2 rings (SSSR count). The van der Waals surface area contributed by atoms with Gasteiger partial charge in [-0.15, -0.1) is 11.3 Å². The molecular formula is C17H23NO2S. The summed E-state index contributed by atoms with van der Waals surface area (Å²) in [6, 6.07) is 10.4. The van der Waals surface area contributed by atoms with E-state index in [2.05, 4.69) is 31.3 Å². The molecule has 0 saturated carbocycles. The number of benzene rings is 1. The van der Waals surface area contributed by atoms with Gasteiger partial charge in [-0.05, 0) is 44.2 Å². The average molecular weight is 305 g/mol. The fraction of sp³-hybridized carbons (Fsp3) is 0.412. The van der Waals surface area contributed by atoms with Gasteiger partial charge in [0.2, 0.25) is 0 Å². The van der Waals surface area contributed by atoms with Crippen LogP contribution in [-0.4, -0.2) is 20.8 Å². The Labute approximate surface area is 130 Å². The Balaban J connectivity index is 2.50. The summed E-state index contributed by atoms with van der Waals surface area (Å²) < 4.78 is 11.1. The lowest BCUT2D eigenvalue weighted by atomic mass is 10.0. The van der Waals surface area contributed by atoms with Crippen molar-refractivity contribution in [3.63, 3.8) is 0 Å². The number of aryl methyl sites for hydroxylation is 1. The van der Waals surface area contributed by atoms with Crippen LogP contribution in [-0.2, 0) is 0 Å². The second-order valence-electron chi connectivity index (χ2n) is 4.91. The van der Waals surface area contributed by atoms with Gasteiger partial charge in [0.05, 0.1) is 25.8 Å². The molecule has 1 N–H and O–H groups in total. The molecule has 1 unspecified atom stereocenters. The minimum absolute atomic E-state index is 0.0924. The lowest BCUT2D eigenvalue weighted by Crippen LogP contribution is -2.23. The Bertz CT molecular complexity index is 558. The smallest absolute Gasteiger partial charge is 0.127 e. The van der Waals surface area contributed by atoms with E-state index in [0.29, 0.717) is 0 Å². The van der Waals surface area contributed by atoms with Gasteiger partial charge in [0.1, 0.15) is 11.5 Å². The molecule has 0 saturated heterocycles. The average Bonchev–Trinajstić information content (AvgIpc) is 2.94. The van der Waals surface area contributed by atoms with Crippen molar-refractivity contribution in [1.82, 2.24) is 5.32 Å². The zero-order valence-electron chi connectivity index (χ0n) is 13.1. The number of ether oxygens (including phenoxy) is 2. The maximum atomic E-state index is 5.56. The molecule has 0 bridgehead atoms. The van der Waals surface area contributed by atoms with E-state index >= 15 is 0 Å². The molecule has 0 radical (unpaired) electrons. The Morgan fingerprint density at radius 2 is 1.76 bits per heavy atom. The SMILES string of the molecule is CCCNC(c1ccc(C)s1)c1c(OC)cccc1OC. The number of methoxy groups -OCH3 is 2. The topological polar surface area (TPSA) is 30.5 Å². The monoisotopic (exact) mass is 305 g/mol. The zero-order valence-corrected chi connectivity index (χ0v) is 13.9. The molecule has 0 aliphatic heterocycles. The first-order valence-corrected chi connectivity index (χ1v) is 8.03. The Hall–Kier alpha value is -1.52. The van der Waals surface area contributed by atoms with E-state index in [1.54, 1.807) is 25.6 Å². The van der Waals surface area contributed by atoms with E-state index in [9.17, 15) is 0 Å². The largest absolute Gasteiger partial charge is 0.496 e. The third-order valence-corrected chi connectivity index (χ3v) is 4.46. The van der Waals surface area contributed by atoms with Crippen LogP contribution in [0.15, 0.2) is 30.3 Å². The molecule has 0 aliphatic rings. The highest BCUT2D eigenvalue weighted by atomic mass is 32.1. The van der Waals surface area contributed by atoms with Crippen LogP contribution >= 0.6 is 11.3 Å². The van der Waals surface area contributed by atoms with Crippen LogP contribution in [0.25, 0.3) is 0 Å². The van der Waals surface area contributed by atoms with E-state index in [1.807, 2.05) is 18.2 Å². The number of hydrogen-bond acceptors (Lipinski definition) is 4. The van der Waals surface area contributed by atoms with Crippen molar-refractivity contribution in [2.24, 2.45) is 0 Å². The molecule has 0 fully saturated rings. The van der Waals surface area contributed by atoms with Crippen LogP contribution in [0.4, 0.5) is 0 Å². The molecule has 21 heavy (non-hydrogen) atoms. The first kappa shape index (κ1) is 15.9. The first-order valence-electron chi connectivity index (χ1n) is 7.21. The molecular weight excluding hydrogens is 282 g/mol. The lowest BCUT2D eigenvalue weighted by Gasteiger charge is -2.22.